The Labute approximate surface area is 108 Å². The molecule has 17 heavy (non-hydrogen) atoms. The molecule has 84 valence electrons. The minimum atomic E-state index is 0.715. The molecule has 0 bridgehead atoms. The van der Waals surface area contributed by atoms with Crippen LogP contribution in [0.25, 0.3) is 10.1 Å². The molecular weight excluding hydrogens is 252 g/mol. The van der Waals surface area contributed by atoms with E-state index in [9.17, 15) is 0 Å². The second-order valence-electron chi connectivity index (χ2n) is 3.65. The average molecular weight is 261 g/mol. The fourth-order valence-corrected chi connectivity index (χ4v) is 2.65. The van der Waals surface area contributed by atoms with Gasteiger partial charge in [0.25, 0.3) is 0 Å². The van der Waals surface area contributed by atoms with E-state index >= 15 is 0 Å². The van der Waals surface area contributed by atoms with E-state index in [1.54, 1.807) is 11.3 Å². The summed E-state index contributed by atoms with van der Waals surface area (Å²) >= 11 is 7.52. The van der Waals surface area contributed by atoms with Gasteiger partial charge in [0.15, 0.2) is 0 Å². The minimum absolute atomic E-state index is 0.715. The van der Waals surface area contributed by atoms with Crippen LogP contribution in [0.2, 0.25) is 5.02 Å². The van der Waals surface area contributed by atoms with Crippen molar-refractivity contribution in [3.8, 4) is 11.5 Å². The molecule has 3 rings (SSSR count). The van der Waals surface area contributed by atoms with Crippen LogP contribution < -0.4 is 4.74 Å². The smallest absolute Gasteiger partial charge is 0.145 e. The van der Waals surface area contributed by atoms with Gasteiger partial charge in [-0.15, -0.1) is 11.3 Å². The summed E-state index contributed by atoms with van der Waals surface area (Å²) in [6.07, 6.45) is 0. The van der Waals surface area contributed by atoms with Crippen LogP contribution in [0.1, 0.15) is 0 Å². The first-order valence-corrected chi connectivity index (χ1v) is 6.48. The number of rotatable bonds is 2. The summed E-state index contributed by atoms with van der Waals surface area (Å²) in [4.78, 5) is 0. The van der Waals surface area contributed by atoms with Gasteiger partial charge in [-0.1, -0.05) is 23.7 Å². The van der Waals surface area contributed by atoms with Crippen LogP contribution in [0, 0.1) is 0 Å². The van der Waals surface area contributed by atoms with Gasteiger partial charge in [0.05, 0.1) is 0 Å². The Morgan fingerprint density at radius 3 is 2.53 bits per heavy atom. The zero-order chi connectivity index (χ0) is 11.7. The molecule has 3 aromatic rings. The van der Waals surface area contributed by atoms with Gasteiger partial charge in [-0.05, 0) is 36.4 Å². The van der Waals surface area contributed by atoms with Crippen LogP contribution >= 0.6 is 22.9 Å². The zero-order valence-electron chi connectivity index (χ0n) is 8.89. The topological polar surface area (TPSA) is 9.23 Å². The number of ether oxygens (including phenoxy) is 1. The first kappa shape index (κ1) is 10.6. The first-order chi connectivity index (χ1) is 8.33. The van der Waals surface area contributed by atoms with Gasteiger partial charge >= 0.3 is 0 Å². The van der Waals surface area contributed by atoms with Crippen molar-refractivity contribution in [1.82, 2.24) is 0 Å². The van der Waals surface area contributed by atoms with Gasteiger partial charge in [-0.25, -0.2) is 0 Å². The third-order valence-corrected chi connectivity index (χ3v) is 3.68. The van der Waals surface area contributed by atoms with Crippen molar-refractivity contribution < 1.29 is 4.74 Å². The summed E-state index contributed by atoms with van der Waals surface area (Å²) < 4.78 is 7.07. The second-order valence-corrected chi connectivity index (χ2v) is 5.00. The van der Waals surface area contributed by atoms with Crippen LogP contribution in [-0.4, -0.2) is 0 Å². The molecule has 1 heterocycles. The van der Waals surface area contributed by atoms with E-state index < -0.39 is 0 Å². The maximum atomic E-state index is 5.84. The fraction of sp³-hybridized carbons (Fsp3) is 0. The van der Waals surface area contributed by atoms with Crippen LogP contribution in [0.15, 0.2) is 53.9 Å². The average Bonchev–Trinajstić information content (AvgIpc) is 2.76. The second kappa shape index (κ2) is 4.40. The van der Waals surface area contributed by atoms with E-state index in [4.69, 9.17) is 16.3 Å². The van der Waals surface area contributed by atoms with Crippen molar-refractivity contribution in [3.05, 3.63) is 58.9 Å². The molecule has 0 aliphatic rings. The lowest BCUT2D eigenvalue weighted by Crippen LogP contribution is -1.81. The molecule has 0 N–H and O–H groups in total. The lowest BCUT2D eigenvalue weighted by atomic mass is 10.2. The van der Waals surface area contributed by atoms with Crippen LogP contribution in [0.3, 0.4) is 0 Å². The highest BCUT2D eigenvalue weighted by Gasteiger charge is 2.05. The quantitative estimate of drug-likeness (QED) is 0.604. The van der Waals surface area contributed by atoms with Crippen LogP contribution in [-0.2, 0) is 0 Å². The predicted octanol–water partition coefficient (Wildman–Crippen LogP) is 5.35. The van der Waals surface area contributed by atoms with Gasteiger partial charge in [-0.3, -0.25) is 0 Å². The monoisotopic (exact) mass is 260 g/mol. The van der Waals surface area contributed by atoms with Crippen molar-refractivity contribution in [1.29, 1.82) is 0 Å². The molecule has 0 aliphatic heterocycles. The Morgan fingerprint density at radius 1 is 0.941 bits per heavy atom. The third-order valence-electron chi connectivity index (χ3n) is 2.49. The molecule has 0 aliphatic carbocycles. The van der Waals surface area contributed by atoms with Gasteiger partial charge in [0.1, 0.15) is 11.5 Å². The molecule has 0 radical (unpaired) electrons. The van der Waals surface area contributed by atoms with E-state index in [1.807, 2.05) is 41.8 Å². The number of halogens is 1. The lowest BCUT2D eigenvalue weighted by molar-refractivity contribution is 0.490. The molecular formula is C14H9ClOS. The minimum Gasteiger partial charge on any atom is -0.456 e. The number of thiophene rings is 1. The summed E-state index contributed by atoms with van der Waals surface area (Å²) in [5, 5.41) is 3.89. The highest BCUT2D eigenvalue weighted by Crippen LogP contribution is 2.35. The van der Waals surface area contributed by atoms with Gasteiger partial charge in [-0.2, -0.15) is 0 Å². The normalized spacial score (nSPS) is 10.6. The van der Waals surface area contributed by atoms with Gasteiger partial charge in [0, 0.05) is 20.5 Å². The Hall–Kier alpha value is -1.51. The molecule has 1 aromatic heterocycles. The van der Waals surface area contributed by atoms with E-state index in [1.165, 1.54) is 4.70 Å². The molecule has 0 atom stereocenters. The molecule has 0 spiro atoms. The third kappa shape index (κ3) is 2.14. The maximum absolute atomic E-state index is 5.84. The van der Waals surface area contributed by atoms with Crippen LogP contribution in [0.4, 0.5) is 0 Å². The maximum Gasteiger partial charge on any atom is 0.145 e. The predicted molar refractivity (Wildman–Crippen MR) is 73.4 cm³/mol. The van der Waals surface area contributed by atoms with E-state index in [-0.39, 0.29) is 0 Å². The molecule has 1 nitrogen and oxygen atoms in total. The molecule has 3 heteroatoms. The summed E-state index contributed by atoms with van der Waals surface area (Å²) in [6, 6.07) is 15.6. The highest BCUT2D eigenvalue weighted by molar-refractivity contribution is 7.17. The SMILES string of the molecule is Clc1ccc(Oc2csc3ccccc23)cc1. The van der Waals surface area contributed by atoms with E-state index in [2.05, 4.69) is 12.1 Å². The van der Waals surface area contributed by atoms with Crippen molar-refractivity contribution in [3.63, 3.8) is 0 Å². The number of fused-ring (bicyclic) bond motifs is 1. The van der Waals surface area contributed by atoms with E-state index in [0.717, 1.165) is 16.9 Å². The Kier molecular flexibility index (Phi) is 2.75. The van der Waals surface area contributed by atoms with Crippen LogP contribution in [0.5, 0.6) is 11.5 Å². The standard InChI is InChI=1S/C14H9ClOS/c15-10-5-7-11(8-6-10)16-13-9-17-14-4-2-1-3-12(13)14/h1-9H. The van der Waals surface area contributed by atoms with Gasteiger partial charge in [0.2, 0.25) is 0 Å². The summed E-state index contributed by atoms with van der Waals surface area (Å²) in [6.45, 7) is 0. The number of hydrogen-bond donors (Lipinski definition) is 0. The van der Waals surface area contributed by atoms with Crippen molar-refractivity contribution in [2.75, 3.05) is 0 Å². The first-order valence-electron chi connectivity index (χ1n) is 5.22. The molecule has 0 unspecified atom stereocenters. The molecule has 0 amide bonds. The molecule has 0 saturated heterocycles. The fourth-order valence-electron chi connectivity index (χ4n) is 1.66. The number of benzene rings is 2. The number of hydrogen-bond acceptors (Lipinski definition) is 2. The highest BCUT2D eigenvalue weighted by atomic mass is 35.5. The van der Waals surface area contributed by atoms with Crippen molar-refractivity contribution in [2.45, 2.75) is 0 Å². The zero-order valence-corrected chi connectivity index (χ0v) is 10.5. The molecule has 0 saturated carbocycles. The Balaban J connectivity index is 1.97. The Bertz CT molecular complexity index is 643. The van der Waals surface area contributed by atoms with Crippen molar-refractivity contribution in [2.24, 2.45) is 0 Å². The summed E-state index contributed by atoms with van der Waals surface area (Å²) in [7, 11) is 0. The van der Waals surface area contributed by atoms with Gasteiger partial charge < -0.3 is 4.74 Å². The lowest BCUT2D eigenvalue weighted by Gasteiger charge is -2.03. The molecule has 2 aromatic carbocycles. The summed E-state index contributed by atoms with van der Waals surface area (Å²) in [5.74, 6) is 1.70. The Morgan fingerprint density at radius 2 is 1.71 bits per heavy atom. The molecule has 0 fully saturated rings. The largest absolute Gasteiger partial charge is 0.456 e. The van der Waals surface area contributed by atoms with Crippen molar-refractivity contribution >= 4 is 33.0 Å². The van der Waals surface area contributed by atoms with E-state index in [0.29, 0.717) is 5.02 Å². The summed E-state index contributed by atoms with van der Waals surface area (Å²) in [5.41, 5.74) is 0.